The smallest absolute Gasteiger partial charge is 0.125 e. The molecule has 2 aromatic carbocycles. The molecule has 86 valence electrons. The number of aromatic hydroxyl groups is 1. The molecule has 0 saturated heterocycles. The number of phenols is 1. The zero-order chi connectivity index (χ0) is 12.3. The minimum atomic E-state index is 0.133. The molecule has 0 aromatic heterocycles. The third-order valence-corrected chi connectivity index (χ3v) is 2.74. The van der Waals surface area contributed by atoms with Crippen LogP contribution in [0.5, 0.6) is 5.75 Å². The Kier molecular flexibility index (Phi) is 3.45. The summed E-state index contributed by atoms with van der Waals surface area (Å²) in [6, 6.07) is 12.8. The zero-order valence-corrected chi connectivity index (χ0v) is 10.1. The van der Waals surface area contributed by atoms with Gasteiger partial charge in [0.15, 0.2) is 0 Å². The monoisotopic (exact) mass is 245 g/mol. The normalized spacial score (nSPS) is 10.9. The quantitative estimate of drug-likeness (QED) is 0.794. The predicted octanol–water partition coefficient (Wildman–Crippen LogP) is 4.10. The van der Waals surface area contributed by atoms with E-state index in [2.05, 4.69) is 4.99 Å². The Balaban J connectivity index is 2.29. The second-order valence-electron chi connectivity index (χ2n) is 3.77. The van der Waals surface area contributed by atoms with Crippen molar-refractivity contribution < 1.29 is 5.11 Å². The van der Waals surface area contributed by atoms with Gasteiger partial charge in [-0.25, -0.2) is 0 Å². The first kappa shape index (κ1) is 11.7. The fourth-order valence-corrected chi connectivity index (χ4v) is 1.64. The van der Waals surface area contributed by atoms with Gasteiger partial charge in [-0.15, -0.1) is 0 Å². The Morgan fingerprint density at radius 1 is 1.12 bits per heavy atom. The van der Waals surface area contributed by atoms with Gasteiger partial charge in [-0.2, -0.15) is 0 Å². The van der Waals surface area contributed by atoms with Gasteiger partial charge in [-0.05, 0) is 31.2 Å². The third kappa shape index (κ3) is 2.86. The summed E-state index contributed by atoms with van der Waals surface area (Å²) in [5, 5.41) is 10.1. The van der Waals surface area contributed by atoms with E-state index in [1.807, 2.05) is 31.2 Å². The first-order chi connectivity index (χ1) is 8.16. The number of phenolic OH excluding ortho intramolecular Hbond substituents is 1. The minimum Gasteiger partial charge on any atom is -0.507 e. The maximum Gasteiger partial charge on any atom is 0.125 e. The van der Waals surface area contributed by atoms with Crippen LogP contribution in [0.1, 0.15) is 11.1 Å². The van der Waals surface area contributed by atoms with Gasteiger partial charge in [0.1, 0.15) is 5.75 Å². The fourth-order valence-electron chi connectivity index (χ4n) is 1.42. The molecule has 0 atom stereocenters. The number of halogens is 1. The molecule has 0 aliphatic carbocycles. The van der Waals surface area contributed by atoms with E-state index in [1.54, 1.807) is 24.4 Å². The molecule has 2 rings (SSSR count). The van der Waals surface area contributed by atoms with Gasteiger partial charge in [0.25, 0.3) is 0 Å². The van der Waals surface area contributed by atoms with Gasteiger partial charge in [0.05, 0.1) is 16.3 Å². The minimum absolute atomic E-state index is 0.133. The SMILES string of the molecule is Cc1ccc(N=Cc2c(O)cccc2Cl)cc1. The number of nitrogens with zero attached hydrogens (tertiary/aromatic N) is 1. The van der Waals surface area contributed by atoms with Gasteiger partial charge in [-0.1, -0.05) is 35.4 Å². The molecule has 2 aromatic rings. The number of hydrogen-bond donors (Lipinski definition) is 1. The molecule has 0 amide bonds. The van der Waals surface area contributed by atoms with E-state index in [9.17, 15) is 5.11 Å². The Labute approximate surface area is 105 Å². The zero-order valence-electron chi connectivity index (χ0n) is 9.39. The van der Waals surface area contributed by atoms with E-state index in [0.29, 0.717) is 10.6 Å². The molecule has 0 unspecified atom stereocenters. The molecule has 17 heavy (non-hydrogen) atoms. The van der Waals surface area contributed by atoms with Crippen LogP contribution in [0.4, 0.5) is 5.69 Å². The summed E-state index contributed by atoms with van der Waals surface area (Å²) in [4.78, 5) is 4.27. The van der Waals surface area contributed by atoms with Crippen molar-refractivity contribution in [3.05, 3.63) is 58.6 Å². The van der Waals surface area contributed by atoms with Crippen LogP contribution in [0.25, 0.3) is 0 Å². The molecule has 0 spiro atoms. The van der Waals surface area contributed by atoms with E-state index in [-0.39, 0.29) is 5.75 Å². The summed E-state index contributed by atoms with van der Waals surface area (Å²) in [5.74, 6) is 0.133. The first-order valence-corrected chi connectivity index (χ1v) is 5.63. The maximum absolute atomic E-state index is 9.64. The maximum atomic E-state index is 9.64. The second-order valence-corrected chi connectivity index (χ2v) is 4.17. The van der Waals surface area contributed by atoms with Gasteiger partial charge >= 0.3 is 0 Å². The van der Waals surface area contributed by atoms with Crippen LogP contribution in [0.15, 0.2) is 47.5 Å². The van der Waals surface area contributed by atoms with Crippen molar-refractivity contribution >= 4 is 23.5 Å². The summed E-state index contributed by atoms with van der Waals surface area (Å²) in [5.41, 5.74) is 2.55. The number of hydrogen-bond acceptors (Lipinski definition) is 2. The van der Waals surface area contributed by atoms with Crippen LogP contribution < -0.4 is 0 Å². The van der Waals surface area contributed by atoms with Crippen molar-refractivity contribution in [3.63, 3.8) is 0 Å². The Bertz CT molecular complexity index is 526. The number of rotatable bonds is 2. The Hall–Kier alpha value is -1.80. The lowest BCUT2D eigenvalue weighted by molar-refractivity contribution is 0.474. The molecule has 0 saturated carbocycles. The summed E-state index contributed by atoms with van der Waals surface area (Å²) in [7, 11) is 0. The lowest BCUT2D eigenvalue weighted by atomic mass is 10.2. The first-order valence-electron chi connectivity index (χ1n) is 5.25. The summed E-state index contributed by atoms with van der Waals surface area (Å²) >= 11 is 5.97. The van der Waals surface area contributed by atoms with E-state index in [0.717, 1.165) is 5.69 Å². The van der Waals surface area contributed by atoms with Crippen molar-refractivity contribution in [2.24, 2.45) is 4.99 Å². The van der Waals surface area contributed by atoms with Crippen molar-refractivity contribution in [2.75, 3.05) is 0 Å². The van der Waals surface area contributed by atoms with Crippen LogP contribution >= 0.6 is 11.6 Å². The van der Waals surface area contributed by atoms with E-state index in [1.165, 1.54) is 5.56 Å². The highest BCUT2D eigenvalue weighted by molar-refractivity contribution is 6.33. The number of aliphatic imine (C=N–C) groups is 1. The molecule has 0 fully saturated rings. The standard InChI is InChI=1S/C14H12ClNO/c1-10-5-7-11(8-6-10)16-9-12-13(15)3-2-4-14(12)17/h2-9,17H,1H3. The van der Waals surface area contributed by atoms with Crippen molar-refractivity contribution in [1.82, 2.24) is 0 Å². The summed E-state index contributed by atoms with van der Waals surface area (Å²) < 4.78 is 0. The molecule has 0 aliphatic rings. The van der Waals surface area contributed by atoms with Crippen LogP contribution in [0.3, 0.4) is 0 Å². The third-order valence-electron chi connectivity index (χ3n) is 2.41. The number of aryl methyl sites for hydroxylation is 1. The summed E-state index contributed by atoms with van der Waals surface area (Å²) in [6.07, 6.45) is 1.57. The van der Waals surface area contributed by atoms with Crippen molar-refractivity contribution in [2.45, 2.75) is 6.92 Å². The van der Waals surface area contributed by atoms with Crippen LogP contribution in [-0.2, 0) is 0 Å². The molecule has 0 radical (unpaired) electrons. The highest BCUT2D eigenvalue weighted by atomic mass is 35.5. The lowest BCUT2D eigenvalue weighted by Crippen LogP contribution is -1.83. The second kappa shape index (κ2) is 5.02. The molecule has 3 heteroatoms. The van der Waals surface area contributed by atoms with E-state index >= 15 is 0 Å². The molecular weight excluding hydrogens is 234 g/mol. The van der Waals surface area contributed by atoms with Gasteiger partial charge in [0.2, 0.25) is 0 Å². The van der Waals surface area contributed by atoms with E-state index < -0.39 is 0 Å². The number of benzene rings is 2. The highest BCUT2D eigenvalue weighted by Gasteiger charge is 2.02. The molecule has 1 N–H and O–H groups in total. The van der Waals surface area contributed by atoms with Crippen LogP contribution in [0, 0.1) is 6.92 Å². The highest BCUT2D eigenvalue weighted by Crippen LogP contribution is 2.24. The van der Waals surface area contributed by atoms with Gasteiger partial charge in [-0.3, -0.25) is 4.99 Å². The largest absolute Gasteiger partial charge is 0.507 e. The lowest BCUT2D eigenvalue weighted by Gasteiger charge is -2.00. The topological polar surface area (TPSA) is 32.6 Å². The van der Waals surface area contributed by atoms with Crippen LogP contribution in [0.2, 0.25) is 5.02 Å². The average Bonchev–Trinajstić information content (AvgIpc) is 2.31. The molecule has 0 heterocycles. The fraction of sp³-hybridized carbons (Fsp3) is 0.0714. The van der Waals surface area contributed by atoms with Gasteiger partial charge in [0, 0.05) is 6.21 Å². The Morgan fingerprint density at radius 2 is 1.82 bits per heavy atom. The summed E-state index contributed by atoms with van der Waals surface area (Å²) in [6.45, 7) is 2.02. The van der Waals surface area contributed by atoms with Crippen molar-refractivity contribution in [3.8, 4) is 5.75 Å². The Morgan fingerprint density at radius 3 is 2.47 bits per heavy atom. The van der Waals surface area contributed by atoms with Crippen LogP contribution in [-0.4, -0.2) is 11.3 Å². The molecule has 0 bridgehead atoms. The molecule has 2 nitrogen and oxygen atoms in total. The van der Waals surface area contributed by atoms with Gasteiger partial charge < -0.3 is 5.11 Å². The average molecular weight is 246 g/mol. The molecular formula is C14H12ClNO. The van der Waals surface area contributed by atoms with Crippen molar-refractivity contribution in [1.29, 1.82) is 0 Å². The predicted molar refractivity (Wildman–Crippen MR) is 71.5 cm³/mol. The van der Waals surface area contributed by atoms with E-state index in [4.69, 9.17) is 11.6 Å². The molecule has 0 aliphatic heterocycles.